The van der Waals surface area contributed by atoms with E-state index in [1.165, 1.54) is 4.90 Å². The maximum absolute atomic E-state index is 15.2. The summed E-state index contributed by atoms with van der Waals surface area (Å²) in [5, 5.41) is 16.4. The molecule has 10 nitrogen and oxygen atoms in total. The van der Waals surface area contributed by atoms with Gasteiger partial charge in [0.1, 0.15) is 6.61 Å². The van der Waals surface area contributed by atoms with E-state index in [1.807, 2.05) is 18.2 Å². The lowest BCUT2D eigenvalue weighted by atomic mass is 10.1. The van der Waals surface area contributed by atoms with Gasteiger partial charge < -0.3 is 20.1 Å². The molecular weight excluding hydrogens is 419 g/mol. The molecule has 0 aromatic carbocycles. The Kier molecular flexibility index (Phi) is 6.26. The van der Waals surface area contributed by atoms with Gasteiger partial charge in [0, 0.05) is 25.3 Å². The summed E-state index contributed by atoms with van der Waals surface area (Å²) in [5.74, 6) is -2.24. The van der Waals surface area contributed by atoms with Gasteiger partial charge in [-0.3, -0.25) is 4.79 Å². The van der Waals surface area contributed by atoms with E-state index in [1.54, 1.807) is 23.8 Å². The molecule has 4 rings (SSSR count). The minimum absolute atomic E-state index is 0.0674. The number of halogens is 1. The highest BCUT2D eigenvalue weighted by Gasteiger charge is 2.28. The van der Waals surface area contributed by atoms with Gasteiger partial charge >= 0.3 is 5.97 Å². The minimum atomic E-state index is -0.922. The van der Waals surface area contributed by atoms with Crippen molar-refractivity contribution in [3.05, 3.63) is 42.1 Å². The van der Waals surface area contributed by atoms with Gasteiger partial charge in [-0.05, 0) is 31.9 Å². The molecular formula is C21H23FN6O4. The Labute approximate surface area is 183 Å². The molecule has 0 saturated carbocycles. The Balaban J connectivity index is 1.73. The highest BCUT2D eigenvalue weighted by Crippen LogP contribution is 2.26. The molecule has 4 heterocycles. The summed E-state index contributed by atoms with van der Waals surface area (Å²) in [6, 6.07) is 5.14. The molecule has 1 saturated heterocycles. The van der Waals surface area contributed by atoms with Crippen molar-refractivity contribution < 1.29 is 23.8 Å². The van der Waals surface area contributed by atoms with E-state index in [0.29, 0.717) is 30.5 Å². The number of hydrogen-bond acceptors (Lipinski definition) is 8. The maximum atomic E-state index is 15.2. The summed E-state index contributed by atoms with van der Waals surface area (Å²) in [7, 11) is 0. The van der Waals surface area contributed by atoms with Crippen LogP contribution in [0.25, 0.3) is 16.9 Å². The van der Waals surface area contributed by atoms with Crippen molar-refractivity contribution in [1.29, 1.82) is 0 Å². The highest BCUT2D eigenvalue weighted by atomic mass is 19.1. The van der Waals surface area contributed by atoms with Crippen molar-refractivity contribution in [3.63, 3.8) is 0 Å². The van der Waals surface area contributed by atoms with Gasteiger partial charge in [0.15, 0.2) is 23.2 Å². The molecule has 32 heavy (non-hydrogen) atoms. The van der Waals surface area contributed by atoms with Gasteiger partial charge in [-0.1, -0.05) is 6.07 Å². The molecule has 0 spiro atoms. The number of ether oxygens (including phenoxy) is 1. The molecule has 1 aliphatic rings. The number of likely N-dealkylation sites (tertiary alicyclic amines) is 1. The number of nitrogens with one attached hydrogen (secondary N) is 1. The van der Waals surface area contributed by atoms with Crippen molar-refractivity contribution in [2.24, 2.45) is 0 Å². The summed E-state index contributed by atoms with van der Waals surface area (Å²) in [4.78, 5) is 34.2. The van der Waals surface area contributed by atoms with Gasteiger partial charge in [-0.25, -0.2) is 23.7 Å². The largest absolute Gasteiger partial charge is 0.461 e. The molecule has 3 aromatic heterocycles. The van der Waals surface area contributed by atoms with E-state index >= 15 is 4.39 Å². The molecule has 0 radical (unpaired) electrons. The van der Waals surface area contributed by atoms with Crippen LogP contribution in [0.3, 0.4) is 0 Å². The second-order valence-electron chi connectivity index (χ2n) is 7.35. The van der Waals surface area contributed by atoms with Crippen LogP contribution in [-0.2, 0) is 9.53 Å². The number of esters is 1. The normalized spacial score (nSPS) is 16.2. The van der Waals surface area contributed by atoms with Gasteiger partial charge in [-0.15, -0.1) is 0 Å². The Morgan fingerprint density at radius 1 is 1.34 bits per heavy atom. The second-order valence-corrected chi connectivity index (χ2v) is 7.35. The maximum Gasteiger partial charge on any atom is 0.360 e. The molecule has 1 atom stereocenters. The van der Waals surface area contributed by atoms with Crippen LogP contribution in [0.1, 0.15) is 30.3 Å². The van der Waals surface area contributed by atoms with Gasteiger partial charge in [-0.2, -0.15) is 5.10 Å². The molecule has 1 amide bonds. The number of piperidine rings is 1. The van der Waals surface area contributed by atoms with E-state index in [0.717, 1.165) is 0 Å². The third-order valence-electron chi connectivity index (χ3n) is 5.24. The lowest BCUT2D eigenvalue weighted by Crippen LogP contribution is -2.46. The number of nitrogens with zero attached hydrogens (tertiary/aromatic N) is 5. The van der Waals surface area contributed by atoms with E-state index < -0.39 is 24.1 Å². The van der Waals surface area contributed by atoms with Crippen molar-refractivity contribution >= 4 is 23.2 Å². The number of aliphatic hydroxyl groups excluding tert-OH is 1. The lowest BCUT2D eigenvalue weighted by molar-refractivity contribution is -0.135. The van der Waals surface area contributed by atoms with Crippen LogP contribution in [-0.4, -0.2) is 73.8 Å². The molecule has 1 fully saturated rings. The number of amides is 1. The number of aromatic nitrogens is 4. The molecule has 11 heteroatoms. The zero-order valence-corrected chi connectivity index (χ0v) is 17.5. The fourth-order valence-electron chi connectivity index (χ4n) is 3.72. The predicted octanol–water partition coefficient (Wildman–Crippen LogP) is 1.50. The van der Waals surface area contributed by atoms with Crippen LogP contribution >= 0.6 is 0 Å². The van der Waals surface area contributed by atoms with Gasteiger partial charge in [0.2, 0.25) is 5.91 Å². The van der Waals surface area contributed by atoms with Crippen molar-refractivity contribution in [1.82, 2.24) is 24.5 Å². The number of aliphatic hydroxyl groups is 1. The van der Waals surface area contributed by atoms with Crippen LogP contribution in [0.5, 0.6) is 0 Å². The Bertz CT molecular complexity index is 1150. The SMILES string of the molecule is CCOC(=O)c1nc(-c2cnn3ccccc23)nc(N[C@@H]2CCCN(C(=O)CO)C2)c1F. The number of fused-ring (bicyclic) bond motifs is 1. The highest BCUT2D eigenvalue weighted by molar-refractivity contribution is 5.90. The molecule has 0 bridgehead atoms. The van der Waals surface area contributed by atoms with Gasteiger partial charge in [0.05, 0.1) is 23.9 Å². The van der Waals surface area contributed by atoms with Crippen LogP contribution < -0.4 is 5.32 Å². The second kappa shape index (κ2) is 9.27. The average molecular weight is 442 g/mol. The summed E-state index contributed by atoms with van der Waals surface area (Å²) in [6.07, 6.45) is 4.65. The number of rotatable bonds is 6. The van der Waals surface area contributed by atoms with Crippen LogP contribution in [0.2, 0.25) is 0 Å². The molecule has 0 unspecified atom stereocenters. The van der Waals surface area contributed by atoms with Crippen molar-refractivity contribution in [2.75, 3.05) is 31.6 Å². The zero-order chi connectivity index (χ0) is 22.7. The van der Waals surface area contributed by atoms with Crippen LogP contribution in [0, 0.1) is 5.82 Å². The Hall–Kier alpha value is -3.60. The predicted molar refractivity (Wildman–Crippen MR) is 112 cm³/mol. The number of hydrogen-bond donors (Lipinski definition) is 2. The molecule has 168 valence electrons. The number of carbonyl (C=O) groups excluding carboxylic acids is 2. The van der Waals surface area contributed by atoms with E-state index in [2.05, 4.69) is 20.4 Å². The third kappa shape index (κ3) is 4.24. The third-order valence-corrected chi connectivity index (χ3v) is 5.24. The van der Waals surface area contributed by atoms with Crippen LogP contribution in [0.4, 0.5) is 10.2 Å². The van der Waals surface area contributed by atoms with E-state index in [9.17, 15) is 9.59 Å². The summed E-state index contributed by atoms with van der Waals surface area (Å²) in [6.45, 7) is 1.91. The standard InChI is InChI=1S/C21H23FN6O4/c1-2-32-21(31)18-17(22)20(24-13-6-5-8-27(11-13)16(30)12-29)26-19(25-18)14-10-23-28-9-4-3-7-15(14)28/h3-4,7,9-10,13,29H,2,5-6,8,11-12H2,1H3,(H,24,25,26)/t13-/m1/s1. The molecule has 2 N–H and O–H groups in total. The van der Waals surface area contributed by atoms with E-state index in [4.69, 9.17) is 9.84 Å². The summed E-state index contributed by atoms with van der Waals surface area (Å²) < 4.78 is 21.8. The molecule has 0 aliphatic carbocycles. The van der Waals surface area contributed by atoms with Gasteiger partial charge in [0.25, 0.3) is 0 Å². The zero-order valence-electron chi connectivity index (χ0n) is 17.5. The number of pyridine rings is 1. The fourth-order valence-corrected chi connectivity index (χ4v) is 3.72. The first kappa shape index (κ1) is 21.6. The molecule has 3 aromatic rings. The van der Waals surface area contributed by atoms with Crippen molar-refractivity contribution in [3.8, 4) is 11.4 Å². The summed E-state index contributed by atoms with van der Waals surface area (Å²) >= 11 is 0. The Morgan fingerprint density at radius 2 is 2.19 bits per heavy atom. The number of carbonyl (C=O) groups is 2. The first-order valence-electron chi connectivity index (χ1n) is 10.3. The van der Waals surface area contributed by atoms with Crippen molar-refractivity contribution in [2.45, 2.75) is 25.8 Å². The Morgan fingerprint density at radius 3 is 2.97 bits per heavy atom. The average Bonchev–Trinajstić information content (AvgIpc) is 3.24. The topological polar surface area (TPSA) is 122 Å². The quantitative estimate of drug-likeness (QED) is 0.551. The summed E-state index contributed by atoms with van der Waals surface area (Å²) in [5.41, 5.74) is 0.742. The minimum Gasteiger partial charge on any atom is -0.461 e. The lowest BCUT2D eigenvalue weighted by Gasteiger charge is -2.33. The first-order valence-corrected chi connectivity index (χ1v) is 10.3. The first-order chi connectivity index (χ1) is 15.5. The monoisotopic (exact) mass is 442 g/mol. The van der Waals surface area contributed by atoms with Crippen LogP contribution in [0.15, 0.2) is 30.6 Å². The fraction of sp³-hybridized carbons (Fsp3) is 0.381. The molecule has 1 aliphatic heterocycles. The smallest absolute Gasteiger partial charge is 0.360 e. The van der Waals surface area contributed by atoms with E-state index in [-0.39, 0.29) is 36.7 Å². The number of anilines is 1.